The Hall–Kier alpha value is -0.830. The SMILES string of the molecule is ClC(CNc1ncnc2c1CCCC2)C1CC1. The van der Waals surface area contributed by atoms with Crippen LogP contribution in [-0.2, 0) is 12.8 Å². The van der Waals surface area contributed by atoms with Gasteiger partial charge >= 0.3 is 0 Å². The summed E-state index contributed by atoms with van der Waals surface area (Å²) in [6.45, 7) is 0.829. The molecular weight excluding hydrogens is 234 g/mol. The summed E-state index contributed by atoms with van der Waals surface area (Å²) >= 11 is 6.31. The van der Waals surface area contributed by atoms with E-state index in [1.54, 1.807) is 6.33 Å². The van der Waals surface area contributed by atoms with Crippen molar-refractivity contribution in [2.75, 3.05) is 11.9 Å². The molecule has 3 nitrogen and oxygen atoms in total. The lowest BCUT2D eigenvalue weighted by molar-refractivity contribution is 0.662. The lowest BCUT2D eigenvalue weighted by Gasteiger charge is -2.19. The van der Waals surface area contributed by atoms with Gasteiger partial charge in [-0.2, -0.15) is 0 Å². The first-order chi connectivity index (χ1) is 8.34. The van der Waals surface area contributed by atoms with Gasteiger partial charge in [0.05, 0.1) is 5.38 Å². The second kappa shape index (κ2) is 4.81. The molecule has 1 heterocycles. The van der Waals surface area contributed by atoms with Gasteiger partial charge in [-0.25, -0.2) is 9.97 Å². The first kappa shape index (κ1) is 11.3. The second-order valence-corrected chi connectivity index (χ2v) is 5.65. The Kier molecular flexibility index (Phi) is 3.19. The van der Waals surface area contributed by atoms with Crippen molar-refractivity contribution < 1.29 is 0 Å². The minimum atomic E-state index is 0.254. The standard InChI is InChI=1S/C13H18ClN3/c14-11(9-5-6-9)7-15-13-10-3-1-2-4-12(10)16-8-17-13/h8-9,11H,1-7H2,(H,15,16,17). The number of hydrogen-bond donors (Lipinski definition) is 1. The van der Waals surface area contributed by atoms with Crippen molar-refractivity contribution in [1.29, 1.82) is 0 Å². The van der Waals surface area contributed by atoms with Crippen molar-refractivity contribution in [2.24, 2.45) is 5.92 Å². The van der Waals surface area contributed by atoms with Crippen LogP contribution in [0.1, 0.15) is 36.9 Å². The third kappa shape index (κ3) is 2.54. The highest BCUT2D eigenvalue weighted by Crippen LogP contribution is 2.35. The van der Waals surface area contributed by atoms with E-state index in [4.69, 9.17) is 11.6 Å². The van der Waals surface area contributed by atoms with E-state index in [2.05, 4.69) is 15.3 Å². The number of nitrogens with zero attached hydrogens (tertiary/aromatic N) is 2. The highest BCUT2D eigenvalue weighted by atomic mass is 35.5. The fourth-order valence-corrected chi connectivity index (χ4v) is 2.82. The number of anilines is 1. The fourth-order valence-electron chi connectivity index (χ4n) is 2.49. The van der Waals surface area contributed by atoms with Crippen LogP contribution in [0.4, 0.5) is 5.82 Å². The molecule has 0 saturated heterocycles. The molecular formula is C13H18ClN3. The van der Waals surface area contributed by atoms with Crippen molar-refractivity contribution in [2.45, 2.75) is 43.9 Å². The maximum absolute atomic E-state index is 6.31. The molecule has 0 radical (unpaired) electrons. The van der Waals surface area contributed by atoms with Crippen LogP contribution in [0.3, 0.4) is 0 Å². The van der Waals surface area contributed by atoms with Crippen LogP contribution in [0, 0.1) is 5.92 Å². The van der Waals surface area contributed by atoms with Crippen LogP contribution in [0.25, 0.3) is 0 Å². The van der Waals surface area contributed by atoms with Crippen LogP contribution >= 0.6 is 11.6 Å². The monoisotopic (exact) mass is 251 g/mol. The van der Waals surface area contributed by atoms with E-state index in [-0.39, 0.29) is 5.38 Å². The van der Waals surface area contributed by atoms with Gasteiger partial charge in [0.2, 0.25) is 0 Å². The number of hydrogen-bond acceptors (Lipinski definition) is 3. The second-order valence-electron chi connectivity index (χ2n) is 5.09. The predicted molar refractivity (Wildman–Crippen MR) is 69.5 cm³/mol. The molecule has 0 aliphatic heterocycles. The van der Waals surface area contributed by atoms with Gasteiger partial charge in [0.1, 0.15) is 12.1 Å². The van der Waals surface area contributed by atoms with E-state index in [0.29, 0.717) is 0 Å². The zero-order valence-corrected chi connectivity index (χ0v) is 10.7. The number of aryl methyl sites for hydroxylation is 1. The highest BCUT2D eigenvalue weighted by Gasteiger charge is 2.29. The van der Waals surface area contributed by atoms with Gasteiger partial charge < -0.3 is 5.32 Å². The summed E-state index contributed by atoms with van der Waals surface area (Å²) in [6, 6.07) is 0. The molecule has 2 aliphatic carbocycles. The van der Waals surface area contributed by atoms with Gasteiger partial charge in [0.15, 0.2) is 0 Å². The number of nitrogens with one attached hydrogen (secondary N) is 1. The van der Waals surface area contributed by atoms with E-state index < -0.39 is 0 Å². The van der Waals surface area contributed by atoms with Crippen LogP contribution in [0.5, 0.6) is 0 Å². The third-order valence-electron chi connectivity index (χ3n) is 3.72. The molecule has 2 aliphatic rings. The molecule has 1 fully saturated rings. The Morgan fingerprint density at radius 2 is 2.12 bits per heavy atom. The first-order valence-electron chi connectivity index (χ1n) is 6.55. The average molecular weight is 252 g/mol. The number of aromatic nitrogens is 2. The molecule has 4 heteroatoms. The minimum Gasteiger partial charge on any atom is -0.368 e. The Bertz CT molecular complexity index is 404. The van der Waals surface area contributed by atoms with Gasteiger partial charge in [-0.15, -0.1) is 11.6 Å². The Morgan fingerprint density at radius 3 is 2.94 bits per heavy atom. The molecule has 0 bridgehead atoms. The summed E-state index contributed by atoms with van der Waals surface area (Å²) in [5, 5.41) is 3.66. The largest absolute Gasteiger partial charge is 0.368 e. The summed E-state index contributed by atoms with van der Waals surface area (Å²) in [7, 11) is 0. The maximum Gasteiger partial charge on any atom is 0.132 e. The maximum atomic E-state index is 6.31. The van der Waals surface area contributed by atoms with Gasteiger partial charge in [-0.3, -0.25) is 0 Å². The number of fused-ring (bicyclic) bond motifs is 1. The molecule has 1 aromatic heterocycles. The van der Waals surface area contributed by atoms with Crippen molar-refractivity contribution >= 4 is 17.4 Å². The van der Waals surface area contributed by atoms with Crippen molar-refractivity contribution in [1.82, 2.24) is 9.97 Å². The topological polar surface area (TPSA) is 37.8 Å². The number of halogens is 1. The molecule has 0 spiro atoms. The lowest BCUT2D eigenvalue weighted by atomic mass is 9.96. The van der Waals surface area contributed by atoms with Crippen molar-refractivity contribution in [3.8, 4) is 0 Å². The summed E-state index contributed by atoms with van der Waals surface area (Å²) < 4.78 is 0. The third-order valence-corrected chi connectivity index (χ3v) is 4.23. The van der Waals surface area contributed by atoms with E-state index >= 15 is 0 Å². The average Bonchev–Trinajstić information content (AvgIpc) is 3.20. The normalized spacial score (nSPS) is 20.8. The zero-order chi connectivity index (χ0) is 11.7. The molecule has 0 aromatic carbocycles. The summed E-state index contributed by atoms with van der Waals surface area (Å²) in [5.41, 5.74) is 2.55. The molecule has 92 valence electrons. The van der Waals surface area contributed by atoms with Gasteiger partial charge in [-0.05, 0) is 44.4 Å². The Balaban J connectivity index is 1.69. The zero-order valence-electron chi connectivity index (χ0n) is 9.95. The fraction of sp³-hybridized carbons (Fsp3) is 0.692. The first-order valence-corrected chi connectivity index (χ1v) is 6.99. The quantitative estimate of drug-likeness (QED) is 0.837. The molecule has 1 unspecified atom stereocenters. The van der Waals surface area contributed by atoms with Crippen LogP contribution in [0.2, 0.25) is 0 Å². The summed E-state index contributed by atoms with van der Waals surface area (Å²) in [6.07, 6.45) is 8.96. The van der Waals surface area contributed by atoms with Gasteiger partial charge in [0, 0.05) is 17.8 Å². The van der Waals surface area contributed by atoms with Crippen LogP contribution in [-0.4, -0.2) is 21.9 Å². The van der Waals surface area contributed by atoms with E-state index in [9.17, 15) is 0 Å². The lowest BCUT2D eigenvalue weighted by Crippen LogP contribution is -2.19. The van der Waals surface area contributed by atoms with Crippen molar-refractivity contribution in [3.63, 3.8) is 0 Å². The molecule has 3 rings (SSSR count). The summed E-state index contributed by atoms with van der Waals surface area (Å²) in [5.74, 6) is 1.74. The van der Waals surface area contributed by atoms with Crippen molar-refractivity contribution in [3.05, 3.63) is 17.6 Å². The molecule has 1 saturated carbocycles. The van der Waals surface area contributed by atoms with Crippen LogP contribution < -0.4 is 5.32 Å². The van der Waals surface area contributed by atoms with Gasteiger partial charge in [0.25, 0.3) is 0 Å². The number of rotatable bonds is 4. The van der Waals surface area contributed by atoms with Crippen LogP contribution in [0.15, 0.2) is 6.33 Å². The van der Waals surface area contributed by atoms with E-state index in [1.807, 2.05) is 0 Å². The predicted octanol–water partition coefficient (Wildman–Crippen LogP) is 2.78. The highest BCUT2D eigenvalue weighted by molar-refractivity contribution is 6.21. The Morgan fingerprint density at radius 1 is 1.29 bits per heavy atom. The minimum absolute atomic E-state index is 0.254. The molecule has 0 amide bonds. The molecule has 17 heavy (non-hydrogen) atoms. The molecule has 1 N–H and O–H groups in total. The van der Waals surface area contributed by atoms with E-state index in [1.165, 1.54) is 36.9 Å². The van der Waals surface area contributed by atoms with E-state index in [0.717, 1.165) is 31.1 Å². The molecule has 1 atom stereocenters. The molecule has 1 aromatic rings. The smallest absolute Gasteiger partial charge is 0.132 e. The van der Waals surface area contributed by atoms with Gasteiger partial charge in [-0.1, -0.05) is 0 Å². The Labute approximate surface area is 107 Å². The summed E-state index contributed by atoms with van der Waals surface area (Å²) in [4.78, 5) is 8.73. The number of alkyl halides is 1.